The van der Waals surface area contributed by atoms with Gasteiger partial charge in [0.2, 0.25) is 0 Å². The molecule has 0 aliphatic heterocycles. The van der Waals surface area contributed by atoms with Gasteiger partial charge in [-0.05, 0) is 37.1 Å². The van der Waals surface area contributed by atoms with Crippen LogP contribution in [0.4, 0.5) is 5.69 Å². The number of carbonyl (C=O) groups excluding carboxylic acids is 1. The summed E-state index contributed by atoms with van der Waals surface area (Å²) in [6, 6.07) is 5.70. The van der Waals surface area contributed by atoms with Crippen molar-refractivity contribution in [2.75, 3.05) is 5.32 Å². The summed E-state index contributed by atoms with van der Waals surface area (Å²) in [7, 11) is 0. The van der Waals surface area contributed by atoms with Gasteiger partial charge in [-0.15, -0.1) is 0 Å². The van der Waals surface area contributed by atoms with E-state index >= 15 is 0 Å². The van der Waals surface area contributed by atoms with E-state index in [4.69, 9.17) is 5.21 Å². The van der Waals surface area contributed by atoms with Crippen molar-refractivity contribution in [3.8, 4) is 0 Å². The van der Waals surface area contributed by atoms with E-state index in [-0.39, 0.29) is 0 Å². The Hall–Kier alpha value is -1.84. The molecule has 74 valence electrons. The van der Waals surface area contributed by atoms with Crippen LogP contribution in [0.5, 0.6) is 0 Å². The first-order valence-corrected chi connectivity index (χ1v) is 4.18. The summed E-state index contributed by atoms with van der Waals surface area (Å²) < 4.78 is 0. The van der Waals surface area contributed by atoms with E-state index in [1.807, 2.05) is 32.0 Å². The quantitative estimate of drug-likeness (QED) is 0.425. The van der Waals surface area contributed by atoms with Crippen LogP contribution in [0.25, 0.3) is 0 Å². The number of rotatable bonds is 2. The Morgan fingerprint density at radius 2 is 1.93 bits per heavy atom. The summed E-state index contributed by atoms with van der Waals surface area (Å²) in [5.74, 6) is -0.447. The average molecular weight is 192 g/mol. The van der Waals surface area contributed by atoms with Crippen LogP contribution < -0.4 is 5.32 Å². The molecule has 0 bridgehead atoms. The smallest absolute Gasteiger partial charge is 0.270 e. The van der Waals surface area contributed by atoms with Crippen molar-refractivity contribution in [3.05, 3.63) is 29.3 Å². The fraction of sp³-hybridized carbons (Fsp3) is 0.200. The molecule has 0 atom stereocenters. The van der Waals surface area contributed by atoms with Gasteiger partial charge < -0.3 is 10.5 Å². The molecular formula is C10H12N2O2. The van der Waals surface area contributed by atoms with Gasteiger partial charge in [0, 0.05) is 5.69 Å². The molecule has 0 aromatic heterocycles. The minimum absolute atomic E-state index is 0.447. The van der Waals surface area contributed by atoms with Gasteiger partial charge in [0.15, 0.2) is 0 Å². The Balaban J connectivity index is 2.81. The summed E-state index contributed by atoms with van der Waals surface area (Å²) in [4.78, 5) is 11.0. The van der Waals surface area contributed by atoms with Gasteiger partial charge in [-0.1, -0.05) is 11.2 Å². The molecule has 1 aromatic rings. The van der Waals surface area contributed by atoms with E-state index in [0.29, 0.717) is 5.69 Å². The second kappa shape index (κ2) is 4.41. The molecule has 0 aliphatic rings. The van der Waals surface area contributed by atoms with Crippen molar-refractivity contribution >= 4 is 17.8 Å². The third-order valence-corrected chi connectivity index (χ3v) is 1.66. The summed E-state index contributed by atoms with van der Waals surface area (Å²) in [6.07, 6.45) is 0.817. The highest BCUT2D eigenvalue weighted by Gasteiger charge is 1.99. The Bertz CT molecular complexity index is 352. The minimum Gasteiger partial charge on any atom is -0.411 e. The highest BCUT2D eigenvalue weighted by Crippen LogP contribution is 2.13. The molecular weight excluding hydrogens is 180 g/mol. The van der Waals surface area contributed by atoms with Crippen molar-refractivity contribution < 1.29 is 10.0 Å². The monoisotopic (exact) mass is 192 g/mol. The molecule has 4 nitrogen and oxygen atoms in total. The fourth-order valence-corrected chi connectivity index (χ4v) is 1.27. The van der Waals surface area contributed by atoms with Gasteiger partial charge in [0.05, 0.1) is 0 Å². The van der Waals surface area contributed by atoms with Crippen molar-refractivity contribution in [3.63, 3.8) is 0 Å². The number of amides is 1. The second-order valence-corrected chi connectivity index (χ2v) is 3.11. The van der Waals surface area contributed by atoms with Gasteiger partial charge in [0.25, 0.3) is 5.91 Å². The largest absolute Gasteiger partial charge is 0.411 e. The molecule has 1 rings (SSSR count). The predicted molar refractivity (Wildman–Crippen MR) is 54.8 cm³/mol. The molecule has 0 heterocycles. The maximum Gasteiger partial charge on any atom is 0.270 e. The average Bonchev–Trinajstić information content (AvgIpc) is 2.01. The van der Waals surface area contributed by atoms with E-state index in [0.717, 1.165) is 17.3 Å². The first-order chi connectivity index (χ1) is 6.61. The van der Waals surface area contributed by atoms with Gasteiger partial charge in [-0.25, -0.2) is 0 Å². The molecule has 1 amide bonds. The number of nitrogens with zero attached hydrogens (tertiary/aromatic N) is 1. The van der Waals surface area contributed by atoms with Gasteiger partial charge in [0.1, 0.15) is 6.21 Å². The van der Waals surface area contributed by atoms with E-state index in [1.165, 1.54) is 0 Å². The van der Waals surface area contributed by atoms with E-state index in [1.54, 1.807) is 0 Å². The molecule has 0 unspecified atom stereocenters. The predicted octanol–water partition coefficient (Wildman–Crippen LogP) is 1.70. The van der Waals surface area contributed by atoms with Crippen molar-refractivity contribution in [2.24, 2.45) is 5.16 Å². The molecule has 0 saturated carbocycles. The van der Waals surface area contributed by atoms with Crippen LogP contribution in [0.3, 0.4) is 0 Å². The van der Waals surface area contributed by atoms with Gasteiger partial charge in [-0.2, -0.15) is 0 Å². The number of aryl methyl sites for hydroxylation is 2. The van der Waals surface area contributed by atoms with Crippen LogP contribution in [-0.4, -0.2) is 17.3 Å². The number of hydrogen-bond donors (Lipinski definition) is 2. The molecule has 1 aromatic carbocycles. The molecule has 0 saturated heterocycles. The molecule has 2 N–H and O–H groups in total. The Morgan fingerprint density at radius 1 is 1.36 bits per heavy atom. The highest BCUT2D eigenvalue weighted by atomic mass is 16.4. The normalized spacial score (nSPS) is 10.4. The van der Waals surface area contributed by atoms with Crippen LogP contribution in [0.2, 0.25) is 0 Å². The topological polar surface area (TPSA) is 61.7 Å². The molecule has 0 fully saturated rings. The number of hydrogen-bond acceptors (Lipinski definition) is 3. The zero-order valence-corrected chi connectivity index (χ0v) is 8.11. The van der Waals surface area contributed by atoms with Crippen molar-refractivity contribution in [1.29, 1.82) is 0 Å². The molecule has 0 radical (unpaired) electrons. The summed E-state index contributed by atoms with van der Waals surface area (Å²) in [6.45, 7) is 3.89. The summed E-state index contributed by atoms with van der Waals surface area (Å²) >= 11 is 0. The first-order valence-electron chi connectivity index (χ1n) is 4.18. The molecule has 0 spiro atoms. The minimum atomic E-state index is -0.447. The fourth-order valence-electron chi connectivity index (χ4n) is 1.27. The molecule has 14 heavy (non-hydrogen) atoms. The molecule has 0 aliphatic carbocycles. The lowest BCUT2D eigenvalue weighted by molar-refractivity contribution is -0.110. The lowest BCUT2D eigenvalue weighted by atomic mass is 10.1. The first kappa shape index (κ1) is 10.2. The lowest BCUT2D eigenvalue weighted by Gasteiger charge is -2.04. The van der Waals surface area contributed by atoms with Crippen molar-refractivity contribution in [2.45, 2.75) is 13.8 Å². The lowest BCUT2D eigenvalue weighted by Crippen LogP contribution is -2.12. The second-order valence-electron chi connectivity index (χ2n) is 3.11. The van der Waals surface area contributed by atoms with Crippen molar-refractivity contribution in [1.82, 2.24) is 0 Å². The number of anilines is 1. The third-order valence-electron chi connectivity index (χ3n) is 1.66. The number of nitrogens with one attached hydrogen (secondary N) is 1. The number of oxime groups is 1. The van der Waals surface area contributed by atoms with Crippen LogP contribution >= 0.6 is 0 Å². The SMILES string of the molecule is Cc1cc(C)cc(NC(=O)/C=N\O)c1. The van der Waals surface area contributed by atoms with Crippen LogP contribution in [0, 0.1) is 13.8 Å². The number of carbonyl (C=O) groups is 1. The molecule has 4 heteroatoms. The summed E-state index contributed by atoms with van der Waals surface area (Å²) in [5.41, 5.74) is 2.84. The summed E-state index contributed by atoms with van der Waals surface area (Å²) in [5, 5.41) is 13.3. The Morgan fingerprint density at radius 3 is 2.43 bits per heavy atom. The zero-order valence-electron chi connectivity index (χ0n) is 8.11. The van der Waals surface area contributed by atoms with Gasteiger partial charge >= 0.3 is 0 Å². The maximum absolute atomic E-state index is 11.0. The van der Waals surface area contributed by atoms with E-state index < -0.39 is 5.91 Å². The third kappa shape index (κ3) is 2.90. The number of benzene rings is 1. The maximum atomic E-state index is 11.0. The van der Waals surface area contributed by atoms with Crippen LogP contribution in [-0.2, 0) is 4.79 Å². The van der Waals surface area contributed by atoms with Crippen LogP contribution in [0.1, 0.15) is 11.1 Å². The Kier molecular flexibility index (Phi) is 3.23. The standard InChI is InChI=1S/C10H12N2O2/c1-7-3-8(2)5-9(4-7)12-10(13)6-11-14/h3-6,14H,1-2H3,(H,12,13)/b11-6-. The Labute approximate surface area is 82.2 Å². The van der Waals surface area contributed by atoms with E-state index in [2.05, 4.69) is 10.5 Å². The van der Waals surface area contributed by atoms with Crippen LogP contribution in [0.15, 0.2) is 23.4 Å². The van der Waals surface area contributed by atoms with Gasteiger partial charge in [-0.3, -0.25) is 4.79 Å². The highest BCUT2D eigenvalue weighted by molar-refractivity contribution is 6.31. The zero-order chi connectivity index (χ0) is 10.6. The van der Waals surface area contributed by atoms with E-state index in [9.17, 15) is 4.79 Å².